The van der Waals surface area contributed by atoms with Crippen molar-refractivity contribution in [3.05, 3.63) is 35.4 Å². The lowest BCUT2D eigenvalue weighted by atomic mass is 9.79. The molecule has 2 aliphatic heterocycles. The Labute approximate surface area is 108 Å². The molecule has 0 aromatic heterocycles. The van der Waals surface area contributed by atoms with E-state index in [2.05, 4.69) is 35.7 Å². The maximum absolute atomic E-state index is 9.27. The quantitative estimate of drug-likeness (QED) is 0.862. The SMILES string of the molecule is N#CC1(c2ccc(C3CCNCC3)cc2)COC1. The van der Waals surface area contributed by atoms with Crippen LogP contribution in [0.1, 0.15) is 29.9 Å². The van der Waals surface area contributed by atoms with E-state index in [1.807, 2.05) is 0 Å². The smallest absolute Gasteiger partial charge is 0.129 e. The van der Waals surface area contributed by atoms with Crippen LogP contribution in [0, 0.1) is 11.3 Å². The number of hydrogen-bond donors (Lipinski definition) is 1. The number of nitriles is 1. The van der Waals surface area contributed by atoms with Crippen molar-refractivity contribution >= 4 is 0 Å². The summed E-state index contributed by atoms with van der Waals surface area (Å²) in [5.41, 5.74) is 2.13. The van der Waals surface area contributed by atoms with Gasteiger partial charge >= 0.3 is 0 Å². The molecule has 1 N–H and O–H groups in total. The van der Waals surface area contributed by atoms with Gasteiger partial charge in [-0.3, -0.25) is 0 Å². The van der Waals surface area contributed by atoms with Crippen molar-refractivity contribution in [3.8, 4) is 6.07 Å². The normalized spacial score (nSPS) is 23.1. The Balaban J connectivity index is 1.78. The summed E-state index contributed by atoms with van der Waals surface area (Å²) in [5.74, 6) is 0.677. The molecule has 3 heteroatoms. The van der Waals surface area contributed by atoms with Crippen LogP contribution < -0.4 is 5.32 Å². The highest BCUT2D eigenvalue weighted by molar-refractivity contribution is 5.37. The van der Waals surface area contributed by atoms with E-state index in [9.17, 15) is 5.26 Å². The highest BCUT2D eigenvalue weighted by atomic mass is 16.5. The first-order valence-electron chi connectivity index (χ1n) is 6.64. The second-order valence-electron chi connectivity index (χ2n) is 5.33. The van der Waals surface area contributed by atoms with Crippen molar-refractivity contribution in [2.24, 2.45) is 0 Å². The monoisotopic (exact) mass is 242 g/mol. The number of nitrogens with zero attached hydrogens (tertiary/aromatic N) is 1. The third-order valence-electron chi connectivity index (χ3n) is 4.18. The molecule has 3 rings (SSSR count). The Morgan fingerprint density at radius 2 is 1.83 bits per heavy atom. The first kappa shape index (κ1) is 11.7. The predicted octanol–water partition coefficient (Wildman–Crippen LogP) is 1.95. The van der Waals surface area contributed by atoms with Crippen molar-refractivity contribution in [1.29, 1.82) is 5.26 Å². The van der Waals surface area contributed by atoms with Crippen LogP contribution in [0.4, 0.5) is 0 Å². The van der Waals surface area contributed by atoms with E-state index < -0.39 is 0 Å². The molecule has 0 radical (unpaired) electrons. The minimum atomic E-state index is -0.382. The molecule has 2 aliphatic rings. The molecule has 0 unspecified atom stereocenters. The Morgan fingerprint density at radius 1 is 1.17 bits per heavy atom. The summed E-state index contributed by atoms with van der Waals surface area (Å²) in [6.45, 7) is 3.30. The van der Waals surface area contributed by atoms with Crippen LogP contribution in [0.2, 0.25) is 0 Å². The zero-order chi connectivity index (χ0) is 12.4. The van der Waals surface area contributed by atoms with Gasteiger partial charge in [-0.25, -0.2) is 0 Å². The first-order chi connectivity index (χ1) is 8.84. The van der Waals surface area contributed by atoms with Crippen LogP contribution in [0.3, 0.4) is 0 Å². The summed E-state index contributed by atoms with van der Waals surface area (Å²) in [5, 5.41) is 12.7. The molecular weight excluding hydrogens is 224 g/mol. The molecule has 2 fully saturated rings. The van der Waals surface area contributed by atoms with Crippen LogP contribution in [0.5, 0.6) is 0 Å². The van der Waals surface area contributed by atoms with E-state index >= 15 is 0 Å². The summed E-state index contributed by atoms with van der Waals surface area (Å²) in [4.78, 5) is 0. The van der Waals surface area contributed by atoms with E-state index in [1.54, 1.807) is 0 Å². The predicted molar refractivity (Wildman–Crippen MR) is 69.4 cm³/mol. The molecule has 3 nitrogen and oxygen atoms in total. The Morgan fingerprint density at radius 3 is 2.33 bits per heavy atom. The van der Waals surface area contributed by atoms with Crippen molar-refractivity contribution in [1.82, 2.24) is 5.32 Å². The minimum absolute atomic E-state index is 0.382. The van der Waals surface area contributed by atoms with Crippen LogP contribution in [0.15, 0.2) is 24.3 Å². The zero-order valence-electron chi connectivity index (χ0n) is 10.5. The van der Waals surface area contributed by atoms with Crippen molar-refractivity contribution < 1.29 is 4.74 Å². The minimum Gasteiger partial charge on any atom is -0.377 e. The molecular formula is C15H18N2O. The Kier molecular flexibility index (Phi) is 3.07. The van der Waals surface area contributed by atoms with Gasteiger partial charge in [0.2, 0.25) is 0 Å². The topological polar surface area (TPSA) is 45.0 Å². The zero-order valence-corrected chi connectivity index (χ0v) is 10.5. The number of piperidine rings is 1. The maximum atomic E-state index is 9.27. The number of hydrogen-bond acceptors (Lipinski definition) is 3. The van der Waals surface area contributed by atoms with Crippen LogP contribution >= 0.6 is 0 Å². The standard InChI is InChI=1S/C15H18N2O/c16-9-15(10-18-11-15)14-3-1-12(2-4-14)13-5-7-17-8-6-13/h1-4,13,17H,5-8,10-11H2. The summed E-state index contributed by atoms with van der Waals surface area (Å²) < 4.78 is 5.20. The molecule has 0 atom stereocenters. The van der Waals surface area contributed by atoms with Gasteiger partial charge in [0.05, 0.1) is 19.3 Å². The second kappa shape index (κ2) is 4.72. The molecule has 94 valence electrons. The molecule has 1 aromatic carbocycles. The Bertz CT molecular complexity index is 450. The Hall–Kier alpha value is -1.37. The molecule has 1 aromatic rings. The van der Waals surface area contributed by atoms with Crippen LogP contribution in [0.25, 0.3) is 0 Å². The van der Waals surface area contributed by atoms with Gasteiger partial charge in [-0.15, -0.1) is 0 Å². The molecule has 0 spiro atoms. The van der Waals surface area contributed by atoms with Gasteiger partial charge in [0.25, 0.3) is 0 Å². The van der Waals surface area contributed by atoms with Gasteiger partial charge in [0.15, 0.2) is 0 Å². The number of benzene rings is 1. The van der Waals surface area contributed by atoms with Gasteiger partial charge < -0.3 is 10.1 Å². The highest BCUT2D eigenvalue weighted by Crippen LogP contribution is 2.33. The average molecular weight is 242 g/mol. The number of ether oxygens (including phenoxy) is 1. The van der Waals surface area contributed by atoms with Gasteiger partial charge in [-0.05, 0) is 43.0 Å². The van der Waals surface area contributed by atoms with E-state index in [-0.39, 0.29) is 5.41 Å². The largest absolute Gasteiger partial charge is 0.377 e. The second-order valence-corrected chi connectivity index (χ2v) is 5.33. The lowest BCUT2D eigenvalue weighted by Crippen LogP contribution is -2.45. The summed E-state index contributed by atoms with van der Waals surface area (Å²) in [6, 6.07) is 11.0. The third-order valence-corrected chi connectivity index (χ3v) is 4.18. The van der Waals surface area contributed by atoms with E-state index in [4.69, 9.17) is 4.74 Å². The molecule has 0 amide bonds. The van der Waals surface area contributed by atoms with Gasteiger partial charge in [0, 0.05) is 0 Å². The number of nitrogens with one attached hydrogen (secondary N) is 1. The maximum Gasteiger partial charge on any atom is 0.129 e. The lowest BCUT2D eigenvalue weighted by Gasteiger charge is -2.35. The van der Waals surface area contributed by atoms with E-state index in [0.717, 1.165) is 18.7 Å². The molecule has 0 bridgehead atoms. The van der Waals surface area contributed by atoms with Gasteiger partial charge in [-0.1, -0.05) is 24.3 Å². The summed E-state index contributed by atoms with van der Waals surface area (Å²) in [6.07, 6.45) is 2.43. The summed E-state index contributed by atoms with van der Waals surface area (Å²) in [7, 11) is 0. The van der Waals surface area contributed by atoms with Crippen molar-refractivity contribution in [3.63, 3.8) is 0 Å². The van der Waals surface area contributed by atoms with Crippen LogP contribution in [-0.2, 0) is 10.2 Å². The van der Waals surface area contributed by atoms with Gasteiger partial charge in [0.1, 0.15) is 5.41 Å². The van der Waals surface area contributed by atoms with E-state index in [0.29, 0.717) is 19.1 Å². The van der Waals surface area contributed by atoms with Crippen molar-refractivity contribution in [2.75, 3.05) is 26.3 Å². The lowest BCUT2D eigenvalue weighted by molar-refractivity contribution is -0.0298. The fourth-order valence-corrected chi connectivity index (χ4v) is 2.83. The third kappa shape index (κ3) is 1.92. The molecule has 0 aliphatic carbocycles. The highest BCUT2D eigenvalue weighted by Gasteiger charge is 2.40. The summed E-state index contributed by atoms with van der Waals surface area (Å²) >= 11 is 0. The number of rotatable bonds is 2. The van der Waals surface area contributed by atoms with Crippen LogP contribution in [-0.4, -0.2) is 26.3 Å². The van der Waals surface area contributed by atoms with Gasteiger partial charge in [-0.2, -0.15) is 5.26 Å². The molecule has 0 saturated carbocycles. The fraction of sp³-hybridized carbons (Fsp3) is 0.533. The van der Waals surface area contributed by atoms with E-state index in [1.165, 1.54) is 18.4 Å². The average Bonchev–Trinajstić information content (AvgIpc) is 2.40. The molecule has 2 heterocycles. The molecule has 2 saturated heterocycles. The fourth-order valence-electron chi connectivity index (χ4n) is 2.83. The molecule has 18 heavy (non-hydrogen) atoms. The van der Waals surface area contributed by atoms with Crippen molar-refractivity contribution in [2.45, 2.75) is 24.2 Å². The first-order valence-corrected chi connectivity index (χ1v) is 6.64.